The van der Waals surface area contributed by atoms with Crippen LogP contribution >= 0.6 is 0 Å². The number of carbonyl (C=O) groups excluding carboxylic acids is 1. The SMILES string of the molecule is COCCN1C(=O)NC(=N)C12CCCCC2(C)C. The van der Waals surface area contributed by atoms with Gasteiger partial charge in [0.1, 0.15) is 11.4 Å². The molecule has 2 aliphatic rings. The highest BCUT2D eigenvalue weighted by molar-refractivity contribution is 6.09. The first-order valence-corrected chi connectivity index (χ1v) is 6.62. The highest BCUT2D eigenvalue weighted by Crippen LogP contribution is 2.49. The van der Waals surface area contributed by atoms with Gasteiger partial charge in [0.05, 0.1) is 6.61 Å². The number of methoxy groups -OCH3 is 1. The monoisotopic (exact) mass is 253 g/mol. The molecule has 0 aromatic heterocycles. The minimum absolute atomic E-state index is 0.0603. The van der Waals surface area contributed by atoms with Gasteiger partial charge in [-0.1, -0.05) is 26.7 Å². The Morgan fingerprint density at radius 3 is 2.67 bits per heavy atom. The molecule has 1 unspecified atom stereocenters. The third-order valence-electron chi connectivity index (χ3n) is 4.58. The Morgan fingerprint density at radius 2 is 2.06 bits per heavy atom. The zero-order valence-electron chi connectivity index (χ0n) is 11.5. The number of ether oxygens (including phenoxy) is 1. The van der Waals surface area contributed by atoms with Crippen LogP contribution in [0.5, 0.6) is 0 Å². The van der Waals surface area contributed by atoms with E-state index in [-0.39, 0.29) is 11.4 Å². The first kappa shape index (κ1) is 13.3. The molecule has 2 rings (SSSR count). The van der Waals surface area contributed by atoms with Crippen LogP contribution in [0.1, 0.15) is 39.5 Å². The number of nitrogens with one attached hydrogen (secondary N) is 2. The number of carbonyl (C=O) groups is 1. The summed E-state index contributed by atoms with van der Waals surface area (Å²) >= 11 is 0. The predicted molar refractivity (Wildman–Crippen MR) is 69.8 cm³/mol. The van der Waals surface area contributed by atoms with Crippen molar-refractivity contribution >= 4 is 11.9 Å². The van der Waals surface area contributed by atoms with Gasteiger partial charge in [-0.05, 0) is 18.3 Å². The molecule has 0 bridgehead atoms. The molecule has 2 amide bonds. The average Bonchev–Trinajstić information content (AvgIpc) is 2.53. The molecule has 2 N–H and O–H groups in total. The van der Waals surface area contributed by atoms with Crippen LogP contribution in [0.2, 0.25) is 0 Å². The van der Waals surface area contributed by atoms with Crippen LogP contribution in [0, 0.1) is 10.8 Å². The first-order chi connectivity index (χ1) is 8.45. The fraction of sp³-hybridized carbons (Fsp3) is 0.846. The Morgan fingerprint density at radius 1 is 1.39 bits per heavy atom. The van der Waals surface area contributed by atoms with Crippen LogP contribution in [0.25, 0.3) is 0 Å². The summed E-state index contributed by atoms with van der Waals surface area (Å²) in [5.74, 6) is 0.369. The van der Waals surface area contributed by atoms with Crippen LogP contribution in [-0.4, -0.2) is 42.6 Å². The number of hydrogen-bond acceptors (Lipinski definition) is 3. The van der Waals surface area contributed by atoms with Crippen LogP contribution in [0.4, 0.5) is 4.79 Å². The molecule has 2 fully saturated rings. The Bertz CT molecular complexity index is 367. The summed E-state index contributed by atoms with van der Waals surface area (Å²) in [6.07, 6.45) is 4.17. The van der Waals surface area contributed by atoms with E-state index in [9.17, 15) is 4.79 Å². The van der Waals surface area contributed by atoms with Gasteiger partial charge in [-0.3, -0.25) is 10.7 Å². The van der Waals surface area contributed by atoms with Crippen molar-refractivity contribution in [1.82, 2.24) is 10.2 Å². The molecule has 1 saturated heterocycles. The average molecular weight is 253 g/mol. The molecule has 0 radical (unpaired) electrons. The fourth-order valence-corrected chi connectivity index (χ4v) is 3.52. The van der Waals surface area contributed by atoms with E-state index in [0.717, 1.165) is 19.3 Å². The molecule has 5 nitrogen and oxygen atoms in total. The van der Waals surface area contributed by atoms with Crippen molar-refractivity contribution in [2.24, 2.45) is 5.41 Å². The quantitative estimate of drug-likeness (QED) is 0.807. The summed E-state index contributed by atoms with van der Waals surface area (Å²) < 4.78 is 5.10. The van der Waals surface area contributed by atoms with E-state index >= 15 is 0 Å². The lowest BCUT2D eigenvalue weighted by atomic mass is 9.62. The van der Waals surface area contributed by atoms with Crippen LogP contribution in [0.15, 0.2) is 0 Å². The smallest absolute Gasteiger partial charge is 0.323 e. The number of urea groups is 1. The highest BCUT2D eigenvalue weighted by atomic mass is 16.5. The van der Waals surface area contributed by atoms with E-state index in [0.29, 0.717) is 19.0 Å². The summed E-state index contributed by atoms with van der Waals surface area (Å²) in [6.45, 7) is 5.40. The highest BCUT2D eigenvalue weighted by Gasteiger charge is 2.59. The summed E-state index contributed by atoms with van der Waals surface area (Å²) in [5, 5.41) is 10.9. The molecule has 1 saturated carbocycles. The standard InChI is InChI=1S/C13H23N3O2/c1-12(2)6-4-5-7-13(12)10(14)15-11(17)16(13)8-9-18-3/h4-9H2,1-3H3,(H2,14,15,17). The van der Waals surface area contributed by atoms with Crippen molar-refractivity contribution in [3.8, 4) is 0 Å². The van der Waals surface area contributed by atoms with E-state index in [1.54, 1.807) is 7.11 Å². The normalized spacial score (nSPS) is 30.9. The summed E-state index contributed by atoms with van der Waals surface area (Å²) in [7, 11) is 1.64. The number of hydrogen-bond donors (Lipinski definition) is 2. The van der Waals surface area contributed by atoms with E-state index < -0.39 is 5.54 Å². The fourth-order valence-electron chi connectivity index (χ4n) is 3.52. The zero-order chi connectivity index (χ0) is 13.4. The molecule has 5 heteroatoms. The molecular formula is C13H23N3O2. The summed E-state index contributed by atoms with van der Waals surface area (Å²) in [5.41, 5.74) is -0.518. The zero-order valence-corrected chi connectivity index (χ0v) is 11.5. The van der Waals surface area contributed by atoms with Gasteiger partial charge in [0.15, 0.2) is 0 Å². The topological polar surface area (TPSA) is 65.4 Å². The van der Waals surface area contributed by atoms with Crippen LogP contribution < -0.4 is 5.32 Å². The molecule has 0 aromatic rings. The van der Waals surface area contributed by atoms with E-state index in [1.165, 1.54) is 6.42 Å². The van der Waals surface area contributed by atoms with Gasteiger partial charge in [-0.2, -0.15) is 0 Å². The molecular weight excluding hydrogens is 230 g/mol. The molecule has 0 aromatic carbocycles. The lowest BCUT2D eigenvalue weighted by Crippen LogP contribution is -2.61. The Kier molecular flexibility index (Phi) is 3.36. The molecule has 18 heavy (non-hydrogen) atoms. The number of amides is 2. The maximum atomic E-state index is 12.1. The molecule has 1 aliphatic carbocycles. The van der Waals surface area contributed by atoms with Gasteiger partial charge >= 0.3 is 6.03 Å². The molecule has 1 aliphatic heterocycles. The molecule has 1 heterocycles. The predicted octanol–water partition coefficient (Wildman–Crippen LogP) is 1.97. The van der Waals surface area contributed by atoms with Crippen molar-refractivity contribution in [3.05, 3.63) is 0 Å². The van der Waals surface area contributed by atoms with E-state index in [1.807, 2.05) is 4.90 Å². The Hall–Kier alpha value is -1.10. The Labute approximate surface area is 108 Å². The minimum atomic E-state index is -0.457. The number of rotatable bonds is 3. The number of amidine groups is 1. The Balaban J connectivity index is 2.36. The van der Waals surface area contributed by atoms with Crippen LogP contribution in [0.3, 0.4) is 0 Å². The van der Waals surface area contributed by atoms with Gasteiger partial charge in [-0.25, -0.2) is 4.79 Å². The largest absolute Gasteiger partial charge is 0.383 e. The van der Waals surface area contributed by atoms with Gasteiger partial charge in [-0.15, -0.1) is 0 Å². The van der Waals surface area contributed by atoms with E-state index in [2.05, 4.69) is 19.2 Å². The number of nitrogens with zero attached hydrogens (tertiary/aromatic N) is 1. The molecule has 102 valence electrons. The third kappa shape index (κ3) is 1.72. The second kappa shape index (κ2) is 4.53. The van der Waals surface area contributed by atoms with Crippen molar-refractivity contribution < 1.29 is 9.53 Å². The maximum absolute atomic E-state index is 12.1. The van der Waals surface area contributed by atoms with Gasteiger partial charge in [0, 0.05) is 13.7 Å². The van der Waals surface area contributed by atoms with Crippen molar-refractivity contribution in [1.29, 1.82) is 5.41 Å². The van der Waals surface area contributed by atoms with Gasteiger partial charge in [0.25, 0.3) is 0 Å². The molecule has 1 atom stereocenters. The lowest BCUT2D eigenvalue weighted by molar-refractivity contribution is 0.0269. The maximum Gasteiger partial charge on any atom is 0.323 e. The summed E-state index contributed by atoms with van der Waals surface area (Å²) in [6, 6.07) is -0.146. The second-order valence-electron chi connectivity index (χ2n) is 5.90. The summed E-state index contributed by atoms with van der Waals surface area (Å²) in [4.78, 5) is 13.9. The van der Waals surface area contributed by atoms with Gasteiger partial charge in [0.2, 0.25) is 0 Å². The lowest BCUT2D eigenvalue weighted by Gasteiger charge is -2.51. The second-order valence-corrected chi connectivity index (χ2v) is 5.90. The van der Waals surface area contributed by atoms with Crippen molar-refractivity contribution in [2.45, 2.75) is 45.1 Å². The first-order valence-electron chi connectivity index (χ1n) is 6.62. The van der Waals surface area contributed by atoms with Crippen LogP contribution in [-0.2, 0) is 4.74 Å². The minimum Gasteiger partial charge on any atom is -0.383 e. The van der Waals surface area contributed by atoms with Gasteiger partial charge < -0.3 is 9.64 Å². The molecule has 1 spiro atoms. The van der Waals surface area contributed by atoms with E-state index in [4.69, 9.17) is 10.1 Å². The van der Waals surface area contributed by atoms with Crippen molar-refractivity contribution in [3.63, 3.8) is 0 Å². The third-order valence-corrected chi connectivity index (χ3v) is 4.58. The van der Waals surface area contributed by atoms with Crippen molar-refractivity contribution in [2.75, 3.05) is 20.3 Å².